The summed E-state index contributed by atoms with van der Waals surface area (Å²) >= 11 is 0. The number of carbonyl (C=O) groups is 1. The fourth-order valence-corrected chi connectivity index (χ4v) is 1.24. The van der Waals surface area contributed by atoms with Gasteiger partial charge in [0.2, 0.25) is 0 Å². The van der Waals surface area contributed by atoms with E-state index in [-0.39, 0.29) is 12.2 Å². The van der Waals surface area contributed by atoms with Crippen LogP contribution >= 0.6 is 0 Å². The summed E-state index contributed by atoms with van der Waals surface area (Å²) < 4.78 is 27.8. The van der Waals surface area contributed by atoms with E-state index in [4.69, 9.17) is 0 Å². The number of carboxylic acid groups (broad SMARTS) is 1. The molecule has 4 nitrogen and oxygen atoms in total. The number of hydrogen-bond acceptors (Lipinski definition) is 3. The van der Waals surface area contributed by atoms with E-state index in [0.717, 1.165) is 0 Å². The lowest BCUT2D eigenvalue weighted by atomic mass is 10.1. The maximum Gasteiger partial charge on any atom is 0.387 e. The third-order valence-corrected chi connectivity index (χ3v) is 1.99. The second-order valence-electron chi connectivity index (χ2n) is 3.22. The third-order valence-electron chi connectivity index (χ3n) is 1.99. The fraction of sp³-hybridized carbons (Fsp3) is 0.300. The van der Waals surface area contributed by atoms with E-state index in [1.165, 1.54) is 24.3 Å². The normalized spacial score (nSPS) is 12.5. The van der Waals surface area contributed by atoms with E-state index in [0.29, 0.717) is 5.56 Å². The molecule has 0 heterocycles. The van der Waals surface area contributed by atoms with Crippen LogP contribution in [0.25, 0.3) is 0 Å². The van der Waals surface area contributed by atoms with Crippen LogP contribution in [0.15, 0.2) is 24.3 Å². The smallest absolute Gasteiger partial charge is 0.387 e. The average molecular weight is 231 g/mol. The van der Waals surface area contributed by atoms with E-state index in [1.807, 2.05) is 0 Å². The van der Waals surface area contributed by atoms with E-state index >= 15 is 0 Å². The summed E-state index contributed by atoms with van der Waals surface area (Å²) in [6.45, 7) is -2.87. The van der Waals surface area contributed by atoms with Crippen LogP contribution < -0.4 is 15.6 Å². The number of quaternary nitrogens is 1. The minimum Gasteiger partial charge on any atom is -0.550 e. The molecule has 6 heteroatoms. The van der Waals surface area contributed by atoms with Crippen LogP contribution in [0.2, 0.25) is 0 Å². The predicted octanol–water partition coefficient (Wildman–Crippen LogP) is -0.289. The Kier molecular flexibility index (Phi) is 4.19. The molecule has 0 fully saturated rings. The Labute approximate surface area is 90.6 Å². The summed E-state index contributed by atoms with van der Waals surface area (Å²) in [6.07, 6.45) is -0.213. The molecule has 16 heavy (non-hydrogen) atoms. The van der Waals surface area contributed by atoms with Gasteiger partial charge in [0.25, 0.3) is 0 Å². The Bertz CT molecular complexity index is 354. The van der Waals surface area contributed by atoms with Crippen LogP contribution in [-0.4, -0.2) is 12.6 Å². The first-order valence-electron chi connectivity index (χ1n) is 4.56. The van der Waals surface area contributed by atoms with Crippen molar-refractivity contribution in [2.45, 2.75) is 19.1 Å². The first kappa shape index (κ1) is 12.4. The van der Waals surface area contributed by atoms with Gasteiger partial charge in [-0.25, -0.2) is 0 Å². The number of halogens is 2. The van der Waals surface area contributed by atoms with Crippen LogP contribution in [0.3, 0.4) is 0 Å². The molecule has 0 aromatic heterocycles. The van der Waals surface area contributed by atoms with Crippen molar-refractivity contribution in [3.63, 3.8) is 0 Å². The van der Waals surface area contributed by atoms with E-state index in [9.17, 15) is 18.7 Å². The minimum atomic E-state index is -2.87. The van der Waals surface area contributed by atoms with Crippen molar-refractivity contribution in [2.24, 2.45) is 0 Å². The first-order valence-corrected chi connectivity index (χ1v) is 4.56. The highest BCUT2D eigenvalue weighted by Crippen LogP contribution is 2.18. The van der Waals surface area contributed by atoms with E-state index in [2.05, 4.69) is 10.5 Å². The average Bonchev–Trinajstić information content (AvgIpc) is 2.16. The van der Waals surface area contributed by atoms with Gasteiger partial charge in [-0.15, -0.1) is 0 Å². The monoisotopic (exact) mass is 231 g/mol. The van der Waals surface area contributed by atoms with Gasteiger partial charge in [0.05, 0.1) is 0 Å². The molecule has 1 aromatic rings. The summed E-state index contributed by atoms with van der Waals surface area (Å²) in [5, 5.41) is 10.3. The summed E-state index contributed by atoms with van der Waals surface area (Å²) in [4.78, 5) is 10.3. The van der Waals surface area contributed by atoms with Crippen LogP contribution in [0.4, 0.5) is 8.78 Å². The van der Waals surface area contributed by atoms with Gasteiger partial charge in [-0.2, -0.15) is 8.78 Å². The number of carboxylic acids is 1. The van der Waals surface area contributed by atoms with Crippen molar-refractivity contribution in [2.75, 3.05) is 0 Å². The highest BCUT2D eigenvalue weighted by Gasteiger charge is 2.10. The molecule has 1 atom stereocenters. The largest absolute Gasteiger partial charge is 0.550 e. The van der Waals surface area contributed by atoms with Crippen LogP contribution in [0, 0.1) is 0 Å². The maximum absolute atomic E-state index is 11.8. The zero-order chi connectivity index (χ0) is 12.1. The van der Waals surface area contributed by atoms with Crippen molar-refractivity contribution in [3.8, 4) is 5.75 Å². The van der Waals surface area contributed by atoms with Gasteiger partial charge in [-0.3, -0.25) is 0 Å². The van der Waals surface area contributed by atoms with Gasteiger partial charge in [0, 0.05) is 18.0 Å². The van der Waals surface area contributed by atoms with Gasteiger partial charge >= 0.3 is 6.61 Å². The third kappa shape index (κ3) is 3.82. The molecule has 3 N–H and O–H groups in total. The number of carbonyl (C=O) groups excluding carboxylic acids is 1. The minimum absolute atomic E-state index is 0.0272. The number of ether oxygens (including phenoxy) is 1. The van der Waals surface area contributed by atoms with Gasteiger partial charge in [-0.1, -0.05) is 0 Å². The number of aliphatic carboxylic acids is 1. The zero-order valence-electron chi connectivity index (χ0n) is 8.36. The highest BCUT2D eigenvalue weighted by molar-refractivity contribution is 5.65. The Balaban J connectivity index is 2.66. The Morgan fingerprint density at radius 1 is 1.38 bits per heavy atom. The summed E-state index contributed by atoms with van der Waals surface area (Å²) in [5.74, 6) is -1.17. The quantitative estimate of drug-likeness (QED) is 0.756. The van der Waals surface area contributed by atoms with Crippen LogP contribution in [0.5, 0.6) is 5.75 Å². The van der Waals surface area contributed by atoms with Crippen molar-refractivity contribution in [3.05, 3.63) is 29.8 Å². The topological polar surface area (TPSA) is 77.0 Å². The Hall–Kier alpha value is -1.69. The molecule has 0 amide bonds. The lowest BCUT2D eigenvalue weighted by molar-refractivity contribution is -0.430. The lowest BCUT2D eigenvalue weighted by Gasteiger charge is -2.10. The predicted molar refractivity (Wildman–Crippen MR) is 48.3 cm³/mol. The Morgan fingerprint density at radius 2 is 1.94 bits per heavy atom. The molecular formula is C10H11F2NO3. The molecule has 0 unspecified atom stereocenters. The Morgan fingerprint density at radius 3 is 2.38 bits per heavy atom. The summed E-state index contributed by atoms with van der Waals surface area (Å²) in [5.41, 5.74) is 4.26. The fourth-order valence-electron chi connectivity index (χ4n) is 1.24. The molecule has 0 radical (unpaired) electrons. The van der Waals surface area contributed by atoms with Crippen molar-refractivity contribution in [1.29, 1.82) is 0 Å². The van der Waals surface area contributed by atoms with Crippen LogP contribution in [0.1, 0.15) is 18.0 Å². The highest BCUT2D eigenvalue weighted by atomic mass is 19.3. The van der Waals surface area contributed by atoms with Crippen molar-refractivity contribution in [1.82, 2.24) is 0 Å². The van der Waals surface area contributed by atoms with Gasteiger partial charge in [-0.05, 0) is 24.3 Å². The molecule has 0 spiro atoms. The van der Waals surface area contributed by atoms with Crippen molar-refractivity contribution >= 4 is 5.97 Å². The molecule has 0 saturated carbocycles. The van der Waals surface area contributed by atoms with E-state index in [1.54, 1.807) is 0 Å². The summed E-state index contributed by atoms with van der Waals surface area (Å²) in [7, 11) is 0. The van der Waals surface area contributed by atoms with E-state index < -0.39 is 18.6 Å². The molecule has 0 aliphatic carbocycles. The second-order valence-corrected chi connectivity index (χ2v) is 3.22. The van der Waals surface area contributed by atoms with Crippen molar-refractivity contribution < 1.29 is 29.2 Å². The molecule has 1 rings (SSSR count). The molecule has 0 bridgehead atoms. The molecule has 1 aromatic carbocycles. The number of benzene rings is 1. The number of alkyl halides is 2. The zero-order valence-corrected chi connectivity index (χ0v) is 8.36. The molecule has 0 aliphatic heterocycles. The second kappa shape index (κ2) is 5.41. The molecule has 0 saturated heterocycles. The molecule has 88 valence electrons. The van der Waals surface area contributed by atoms with Gasteiger partial charge in [0.15, 0.2) is 0 Å². The number of rotatable bonds is 5. The maximum atomic E-state index is 11.8. The molecular weight excluding hydrogens is 220 g/mol. The SMILES string of the molecule is [NH3+][C@H](CC(=O)[O-])c1ccc(OC(F)F)cc1. The number of hydrogen-bond donors (Lipinski definition) is 1. The standard InChI is InChI=1S/C10H11F2NO3/c11-10(12)16-7-3-1-6(2-4-7)8(13)5-9(14)15/h1-4,8,10H,5,13H2,(H,14,15)/t8-/m1/s1. The summed E-state index contributed by atoms with van der Waals surface area (Å²) in [6, 6.07) is 5.21. The first-order chi connectivity index (χ1) is 7.49. The van der Waals surface area contributed by atoms with Crippen LogP contribution in [-0.2, 0) is 4.79 Å². The van der Waals surface area contributed by atoms with Gasteiger partial charge in [0.1, 0.15) is 11.8 Å². The molecule has 0 aliphatic rings. The van der Waals surface area contributed by atoms with Gasteiger partial charge < -0.3 is 20.4 Å². The lowest BCUT2D eigenvalue weighted by Crippen LogP contribution is -2.55.